The zero-order valence-electron chi connectivity index (χ0n) is 15.9. The van der Waals surface area contributed by atoms with Gasteiger partial charge in [-0.3, -0.25) is 4.99 Å². The molecular weight excluding hydrogens is 366 g/mol. The Morgan fingerprint density at radius 2 is 1.81 bits per heavy atom. The molecule has 6 nitrogen and oxygen atoms in total. The number of aliphatic imine (C=N–C) groups is 1. The Bertz CT molecular complexity index is 781. The van der Waals surface area contributed by atoms with E-state index in [0.717, 1.165) is 30.0 Å². The highest BCUT2D eigenvalue weighted by Crippen LogP contribution is 2.29. The molecule has 0 aliphatic heterocycles. The average Bonchev–Trinajstić information content (AvgIpc) is 2.66. The number of benzene rings is 2. The second-order valence-electron chi connectivity index (χ2n) is 5.76. The number of guanidine groups is 1. The molecule has 0 bridgehead atoms. The lowest BCUT2D eigenvalue weighted by Crippen LogP contribution is -2.22. The number of anilines is 1. The molecule has 2 rings (SSSR count). The van der Waals surface area contributed by atoms with Gasteiger partial charge in [0.1, 0.15) is 5.75 Å². The molecule has 3 N–H and O–H groups in total. The summed E-state index contributed by atoms with van der Waals surface area (Å²) < 4.78 is 16.0. The topological polar surface area (TPSA) is 78.1 Å². The third kappa shape index (κ3) is 6.25. The van der Waals surface area contributed by atoms with E-state index in [1.807, 2.05) is 31.2 Å². The number of hydrogen-bond acceptors (Lipinski definition) is 4. The number of nitrogens with zero attached hydrogens (tertiary/aromatic N) is 1. The van der Waals surface area contributed by atoms with Crippen molar-refractivity contribution < 1.29 is 14.2 Å². The lowest BCUT2D eigenvalue weighted by Gasteiger charge is -2.11. The Kier molecular flexibility index (Phi) is 8.07. The summed E-state index contributed by atoms with van der Waals surface area (Å²) in [6, 6.07) is 11.3. The van der Waals surface area contributed by atoms with E-state index in [-0.39, 0.29) is 0 Å². The fourth-order valence-corrected chi connectivity index (χ4v) is 2.82. The maximum atomic E-state index is 6.10. The summed E-state index contributed by atoms with van der Waals surface area (Å²) in [6.45, 7) is 3.16. The number of aryl methyl sites for hydroxylation is 1. The van der Waals surface area contributed by atoms with Crippen LogP contribution >= 0.6 is 11.6 Å². The Morgan fingerprint density at radius 1 is 1.07 bits per heavy atom. The first-order valence-electron chi connectivity index (χ1n) is 8.77. The minimum atomic E-state index is 0.348. The van der Waals surface area contributed by atoms with Gasteiger partial charge >= 0.3 is 0 Å². The molecule has 0 fully saturated rings. The normalized spacial score (nSPS) is 11.2. The predicted molar refractivity (Wildman–Crippen MR) is 111 cm³/mol. The van der Waals surface area contributed by atoms with Crippen molar-refractivity contribution in [1.29, 1.82) is 0 Å². The van der Waals surface area contributed by atoms with Crippen LogP contribution in [0, 0.1) is 0 Å². The van der Waals surface area contributed by atoms with Gasteiger partial charge in [0, 0.05) is 12.2 Å². The summed E-state index contributed by atoms with van der Waals surface area (Å²) in [6.07, 6.45) is 1.73. The summed E-state index contributed by atoms with van der Waals surface area (Å²) >= 11 is 6.10. The molecule has 0 aliphatic rings. The molecule has 0 saturated carbocycles. The van der Waals surface area contributed by atoms with Crippen molar-refractivity contribution >= 4 is 23.2 Å². The van der Waals surface area contributed by atoms with Gasteiger partial charge in [-0.15, -0.1) is 0 Å². The number of hydrogen-bond donors (Lipinski definition) is 2. The van der Waals surface area contributed by atoms with E-state index in [0.29, 0.717) is 29.9 Å². The largest absolute Gasteiger partial charge is 0.495 e. The predicted octanol–water partition coefficient (Wildman–Crippen LogP) is 4.12. The van der Waals surface area contributed by atoms with E-state index in [4.69, 9.17) is 31.5 Å². The second-order valence-corrected chi connectivity index (χ2v) is 6.17. The van der Waals surface area contributed by atoms with Gasteiger partial charge < -0.3 is 25.3 Å². The summed E-state index contributed by atoms with van der Waals surface area (Å²) in [5.74, 6) is 2.47. The van der Waals surface area contributed by atoms with Crippen LogP contribution in [0.25, 0.3) is 0 Å². The van der Waals surface area contributed by atoms with Gasteiger partial charge in [-0.25, -0.2) is 0 Å². The van der Waals surface area contributed by atoms with E-state index in [1.165, 1.54) is 5.56 Å². The highest BCUT2D eigenvalue weighted by atomic mass is 35.5. The molecule has 146 valence electrons. The van der Waals surface area contributed by atoms with E-state index in [9.17, 15) is 0 Å². The quantitative estimate of drug-likeness (QED) is 0.382. The summed E-state index contributed by atoms with van der Waals surface area (Å²) in [5.41, 5.74) is 7.87. The number of rotatable bonds is 9. The van der Waals surface area contributed by atoms with Crippen molar-refractivity contribution in [3.63, 3.8) is 0 Å². The lowest BCUT2D eigenvalue weighted by molar-refractivity contribution is 0.310. The maximum absolute atomic E-state index is 6.10. The smallest absolute Gasteiger partial charge is 0.193 e. The molecule has 2 aromatic carbocycles. The molecule has 0 unspecified atom stereocenters. The van der Waals surface area contributed by atoms with Gasteiger partial charge in [-0.05, 0) is 55.7 Å². The molecule has 0 aromatic heterocycles. The van der Waals surface area contributed by atoms with Gasteiger partial charge in [0.2, 0.25) is 0 Å². The zero-order chi connectivity index (χ0) is 19.6. The fraction of sp³-hybridized carbons (Fsp3) is 0.350. The van der Waals surface area contributed by atoms with Crippen molar-refractivity contribution in [2.75, 3.05) is 32.7 Å². The van der Waals surface area contributed by atoms with Crippen molar-refractivity contribution in [3.05, 3.63) is 47.0 Å². The van der Waals surface area contributed by atoms with Gasteiger partial charge in [-0.1, -0.05) is 17.7 Å². The summed E-state index contributed by atoms with van der Waals surface area (Å²) in [7, 11) is 3.21. The standard InChI is InChI=1S/C20H26ClN3O3/c1-4-27-19-12-14(7-9-18(19)26-3)6-5-11-23-20(22)24-15-8-10-17(25-2)16(21)13-15/h7-10,12-13H,4-6,11H2,1-3H3,(H3,22,23,24). The van der Waals surface area contributed by atoms with E-state index >= 15 is 0 Å². The zero-order valence-corrected chi connectivity index (χ0v) is 16.7. The highest BCUT2D eigenvalue weighted by molar-refractivity contribution is 6.32. The molecule has 0 radical (unpaired) electrons. The van der Waals surface area contributed by atoms with Gasteiger partial charge in [0.25, 0.3) is 0 Å². The molecule has 27 heavy (non-hydrogen) atoms. The van der Waals surface area contributed by atoms with E-state index in [2.05, 4.69) is 10.3 Å². The fourth-order valence-electron chi connectivity index (χ4n) is 2.56. The number of methoxy groups -OCH3 is 2. The van der Waals surface area contributed by atoms with Crippen LogP contribution in [0.15, 0.2) is 41.4 Å². The van der Waals surface area contributed by atoms with E-state index in [1.54, 1.807) is 26.4 Å². The monoisotopic (exact) mass is 391 g/mol. The minimum Gasteiger partial charge on any atom is -0.495 e. The Morgan fingerprint density at radius 3 is 2.48 bits per heavy atom. The van der Waals surface area contributed by atoms with Crippen LogP contribution in [-0.4, -0.2) is 33.3 Å². The van der Waals surface area contributed by atoms with Gasteiger partial charge in [0.05, 0.1) is 25.8 Å². The molecule has 0 saturated heterocycles. The summed E-state index contributed by atoms with van der Waals surface area (Å²) in [4.78, 5) is 4.35. The number of ether oxygens (including phenoxy) is 3. The average molecular weight is 392 g/mol. The number of halogens is 1. The second kappa shape index (κ2) is 10.5. The minimum absolute atomic E-state index is 0.348. The van der Waals surface area contributed by atoms with Gasteiger partial charge in [-0.2, -0.15) is 0 Å². The van der Waals surface area contributed by atoms with Crippen molar-refractivity contribution in [3.8, 4) is 17.2 Å². The van der Waals surface area contributed by atoms with Crippen LogP contribution < -0.4 is 25.3 Å². The van der Waals surface area contributed by atoms with Crippen molar-refractivity contribution in [2.45, 2.75) is 19.8 Å². The Balaban J connectivity index is 1.86. The third-order valence-corrected chi connectivity index (χ3v) is 4.15. The molecule has 0 atom stereocenters. The Labute approximate surface area is 165 Å². The number of nitrogens with one attached hydrogen (secondary N) is 1. The Hall–Kier alpha value is -2.60. The van der Waals surface area contributed by atoms with Crippen LogP contribution in [-0.2, 0) is 6.42 Å². The first-order valence-corrected chi connectivity index (χ1v) is 9.15. The molecule has 0 aliphatic carbocycles. The first-order chi connectivity index (χ1) is 13.1. The lowest BCUT2D eigenvalue weighted by atomic mass is 10.1. The molecule has 7 heteroatoms. The van der Waals surface area contributed by atoms with Crippen molar-refractivity contribution in [2.24, 2.45) is 10.7 Å². The van der Waals surface area contributed by atoms with Crippen LogP contribution in [0.2, 0.25) is 5.02 Å². The van der Waals surface area contributed by atoms with Gasteiger partial charge in [0.15, 0.2) is 17.5 Å². The van der Waals surface area contributed by atoms with E-state index < -0.39 is 0 Å². The molecule has 0 heterocycles. The molecule has 0 amide bonds. The number of nitrogens with two attached hydrogens (primary N) is 1. The van der Waals surface area contributed by atoms with Crippen molar-refractivity contribution in [1.82, 2.24) is 0 Å². The molecule has 2 aromatic rings. The molecular formula is C20H26ClN3O3. The first kappa shape index (κ1) is 20.7. The van der Waals surface area contributed by atoms with Crippen LogP contribution in [0.4, 0.5) is 5.69 Å². The third-order valence-electron chi connectivity index (χ3n) is 3.86. The van der Waals surface area contributed by atoms with Crippen LogP contribution in [0.5, 0.6) is 17.2 Å². The maximum Gasteiger partial charge on any atom is 0.193 e. The summed E-state index contributed by atoms with van der Waals surface area (Å²) in [5, 5.41) is 3.54. The highest BCUT2D eigenvalue weighted by Gasteiger charge is 2.05. The molecule has 0 spiro atoms. The van der Waals surface area contributed by atoms with Crippen LogP contribution in [0.3, 0.4) is 0 Å². The van der Waals surface area contributed by atoms with Crippen LogP contribution in [0.1, 0.15) is 18.9 Å². The SMILES string of the molecule is CCOc1cc(CCCN=C(N)Nc2ccc(OC)c(Cl)c2)ccc1OC.